The Morgan fingerprint density at radius 1 is 1.24 bits per heavy atom. The fraction of sp³-hybridized carbons (Fsp3) is 0.571. The van der Waals surface area contributed by atoms with Crippen molar-refractivity contribution in [3.05, 3.63) is 18.0 Å². The second-order valence-corrected chi connectivity index (χ2v) is 5.87. The molecule has 2 aliphatic rings. The maximum atomic E-state index is 11.0. The molecular formula is C14H17N5O2. The van der Waals surface area contributed by atoms with E-state index in [9.17, 15) is 4.79 Å². The van der Waals surface area contributed by atoms with Gasteiger partial charge in [-0.3, -0.25) is 4.79 Å². The molecule has 1 aliphatic heterocycles. The summed E-state index contributed by atoms with van der Waals surface area (Å²) in [6.07, 6.45) is 5.50. The molecule has 110 valence electrons. The number of carboxylic acids is 1. The Hall–Kier alpha value is -2.18. The summed E-state index contributed by atoms with van der Waals surface area (Å²) in [4.78, 5) is 21.8. The van der Waals surface area contributed by atoms with Crippen LogP contribution in [0.5, 0.6) is 0 Å². The van der Waals surface area contributed by atoms with E-state index < -0.39 is 5.97 Å². The predicted molar refractivity (Wildman–Crippen MR) is 75.3 cm³/mol. The highest BCUT2D eigenvalue weighted by Crippen LogP contribution is 2.39. The maximum absolute atomic E-state index is 11.0. The molecule has 4 rings (SSSR count). The molecule has 0 bridgehead atoms. The number of rotatable bonds is 3. The fourth-order valence-electron chi connectivity index (χ4n) is 2.95. The van der Waals surface area contributed by atoms with Crippen molar-refractivity contribution in [2.75, 3.05) is 18.0 Å². The molecule has 0 unspecified atom stereocenters. The van der Waals surface area contributed by atoms with Gasteiger partial charge in [-0.05, 0) is 31.7 Å². The molecule has 7 heteroatoms. The number of hydrogen-bond donors (Lipinski definition) is 1. The number of carbonyl (C=O) groups is 1. The van der Waals surface area contributed by atoms with Crippen LogP contribution < -0.4 is 4.90 Å². The number of nitrogens with zero attached hydrogens (tertiary/aromatic N) is 5. The molecule has 7 nitrogen and oxygen atoms in total. The fourth-order valence-corrected chi connectivity index (χ4v) is 2.95. The van der Waals surface area contributed by atoms with Gasteiger partial charge in [-0.25, -0.2) is 4.98 Å². The van der Waals surface area contributed by atoms with E-state index in [0.29, 0.717) is 43.6 Å². The number of carboxylic acid groups (broad SMARTS) is 1. The van der Waals surface area contributed by atoms with Gasteiger partial charge in [-0.2, -0.15) is 9.50 Å². The standard InChI is InChI=1S/C14H17N5O2/c20-12(21)10-4-7-18(8-5-10)14-16-13-15-6-3-11(9-1-2-9)19(13)17-14/h3,6,9-10H,1-2,4-5,7-8H2,(H,20,21). The predicted octanol–water partition coefficient (Wildman–Crippen LogP) is 1.30. The van der Waals surface area contributed by atoms with Crippen molar-refractivity contribution in [3.63, 3.8) is 0 Å². The van der Waals surface area contributed by atoms with Gasteiger partial charge in [0.1, 0.15) is 0 Å². The van der Waals surface area contributed by atoms with Crippen LogP contribution in [0.2, 0.25) is 0 Å². The smallest absolute Gasteiger partial charge is 0.306 e. The molecule has 2 aromatic rings. The number of aliphatic carboxylic acids is 1. The van der Waals surface area contributed by atoms with E-state index in [-0.39, 0.29) is 5.92 Å². The highest BCUT2D eigenvalue weighted by Gasteiger charge is 2.29. The molecule has 1 aliphatic carbocycles. The Balaban J connectivity index is 1.60. The third kappa shape index (κ3) is 2.22. The van der Waals surface area contributed by atoms with Crippen LogP contribution in [0.1, 0.15) is 37.3 Å². The highest BCUT2D eigenvalue weighted by atomic mass is 16.4. The highest BCUT2D eigenvalue weighted by molar-refractivity contribution is 5.70. The quantitative estimate of drug-likeness (QED) is 0.916. The van der Waals surface area contributed by atoms with Gasteiger partial charge in [-0.1, -0.05) is 0 Å². The van der Waals surface area contributed by atoms with Gasteiger partial charge in [0.05, 0.1) is 11.6 Å². The number of aromatic nitrogens is 4. The minimum absolute atomic E-state index is 0.238. The van der Waals surface area contributed by atoms with E-state index in [2.05, 4.69) is 20.0 Å². The van der Waals surface area contributed by atoms with Gasteiger partial charge >= 0.3 is 5.97 Å². The maximum Gasteiger partial charge on any atom is 0.306 e. The van der Waals surface area contributed by atoms with E-state index >= 15 is 0 Å². The largest absolute Gasteiger partial charge is 0.481 e. The lowest BCUT2D eigenvalue weighted by atomic mass is 9.97. The molecule has 0 spiro atoms. The van der Waals surface area contributed by atoms with Crippen molar-refractivity contribution in [3.8, 4) is 0 Å². The lowest BCUT2D eigenvalue weighted by molar-refractivity contribution is -0.142. The SMILES string of the molecule is O=C(O)C1CCN(c2nc3nccc(C4CC4)n3n2)CC1. The van der Waals surface area contributed by atoms with Crippen molar-refractivity contribution in [1.29, 1.82) is 0 Å². The third-order valence-electron chi connectivity index (χ3n) is 4.38. The molecule has 2 fully saturated rings. The molecule has 3 heterocycles. The average Bonchev–Trinajstić information content (AvgIpc) is 3.25. The van der Waals surface area contributed by atoms with E-state index in [0.717, 1.165) is 0 Å². The summed E-state index contributed by atoms with van der Waals surface area (Å²) in [6, 6.07) is 2.01. The Kier molecular flexibility index (Phi) is 2.80. The second kappa shape index (κ2) is 4.68. The minimum atomic E-state index is -0.699. The molecule has 1 N–H and O–H groups in total. The van der Waals surface area contributed by atoms with Gasteiger partial charge in [0.15, 0.2) is 0 Å². The van der Waals surface area contributed by atoms with Crippen LogP contribution in [0.25, 0.3) is 5.78 Å². The van der Waals surface area contributed by atoms with Crippen LogP contribution in [0.15, 0.2) is 12.3 Å². The normalized spacial score (nSPS) is 20.1. The first kappa shape index (κ1) is 12.6. The molecule has 1 saturated heterocycles. The zero-order valence-corrected chi connectivity index (χ0v) is 11.6. The monoisotopic (exact) mass is 287 g/mol. The summed E-state index contributed by atoms with van der Waals surface area (Å²) >= 11 is 0. The average molecular weight is 287 g/mol. The minimum Gasteiger partial charge on any atom is -0.481 e. The first-order valence-corrected chi connectivity index (χ1v) is 7.42. The van der Waals surface area contributed by atoms with Gasteiger partial charge < -0.3 is 10.0 Å². The summed E-state index contributed by atoms with van der Waals surface area (Å²) in [5.74, 6) is 0.950. The van der Waals surface area contributed by atoms with Crippen molar-refractivity contribution in [2.45, 2.75) is 31.6 Å². The molecule has 0 aromatic carbocycles. The van der Waals surface area contributed by atoms with Crippen LogP contribution in [0.4, 0.5) is 5.95 Å². The van der Waals surface area contributed by atoms with Gasteiger partial charge in [0.25, 0.3) is 5.78 Å². The third-order valence-corrected chi connectivity index (χ3v) is 4.38. The Labute approximate surface area is 121 Å². The molecule has 21 heavy (non-hydrogen) atoms. The number of hydrogen-bond acceptors (Lipinski definition) is 5. The summed E-state index contributed by atoms with van der Waals surface area (Å²) in [7, 11) is 0. The molecule has 0 amide bonds. The summed E-state index contributed by atoms with van der Waals surface area (Å²) in [5.41, 5.74) is 1.18. The Bertz CT molecular complexity index is 686. The molecule has 0 radical (unpaired) electrons. The van der Waals surface area contributed by atoms with Crippen molar-refractivity contribution >= 4 is 17.7 Å². The Morgan fingerprint density at radius 3 is 2.67 bits per heavy atom. The lowest BCUT2D eigenvalue weighted by Gasteiger charge is -2.28. The van der Waals surface area contributed by atoms with Crippen molar-refractivity contribution in [1.82, 2.24) is 19.6 Å². The molecular weight excluding hydrogens is 270 g/mol. The van der Waals surface area contributed by atoms with Crippen LogP contribution in [0.3, 0.4) is 0 Å². The topological polar surface area (TPSA) is 83.6 Å². The molecule has 0 atom stereocenters. The van der Waals surface area contributed by atoms with E-state index in [1.165, 1.54) is 18.5 Å². The number of fused-ring (bicyclic) bond motifs is 1. The van der Waals surface area contributed by atoms with Gasteiger partial charge in [-0.15, -0.1) is 5.10 Å². The zero-order valence-electron chi connectivity index (χ0n) is 11.6. The van der Waals surface area contributed by atoms with Crippen LogP contribution in [-0.4, -0.2) is 43.7 Å². The summed E-state index contributed by atoms with van der Waals surface area (Å²) < 4.78 is 1.84. The van der Waals surface area contributed by atoms with E-state index in [1.54, 1.807) is 6.20 Å². The van der Waals surface area contributed by atoms with E-state index in [4.69, 9.17) is 5.11 Å². The number of anilines is 1. The lowest BCUT2D eigenvalue weighted by Crippen LogP contribution is -2.36. The van der Waals surface area contributed by atoms with Gasteiger partial charge in [0, 0.05) is 25.2 Å². The Morgan fingerprint density at radius 2 is 2.00 bits per heavy atom. The van der Waals surface area contributed by atoms with Crippen molar-refractivity contribution in [2.24, 2.45) is 5.92 Å². The number of piperidine rings is 1. The molecule has 1 saturated carbocycles. The molecule has 2 aromatic heterocycles. The van der Waals surface area contributed by atoms with Gasteiger partial charge in [0.2, 0.25) is 5.95 Å². The van der Waals surface area contributed by atoms with E-state index in [1.807, 2.05) is 10.6 Å². The van der Waals surface area contributed by atoms with Crippen LogP contribution in [0, 0.1) is 5.92 Å². The zero-order chi connectivity index (χ0) is 14.4. The first-order chi connectivity index (χ1) is 10.2. The second-order valence-electron chi connectivity index (χ2n) is 5.87. The first-order valence-electron chi connectivity index (χ1n) is 7.42. The van der Waals surface area contributed by atoms with Crippen LogP contribution in [-0.2, 0) is 4.79 Å². The van der Waals surface area contributed by atoms with Crippen molar-refractivity contribution < 1.29 is 9.90 Å². The summed E-state index contributed by atoms with van der Waals surface area (Å²) in [5, 5.41) is 13.6. The summed E-state index contributed by atoms with van der Waals surface area (Å²) in [6.45, 7) is 1.37. The van der Waals surface area contributed by atoms with Crippen LogP contribution >= 0.6 is 0 Å².